The Labute approximate surface area is 101 Å². The van der Waals surface area contributed by atoms with Gasteiger partial charge in [0.25, 0.3) is 0 Å². The van der Waals surface area contributed by atoms with Gasteiger partial charge in [0, 0.05) is 23.0 Å². The Balaban J connectivity index is 2.07. The molecule has 0 amide bonds. The fraction of sp³-hybridized carbons (Fsp3) is 0.538. The summed E-state index contributed by atoms with van der Waals surface area (Å²) in [6.07, 6.45) is 1.09. The molecule has 1 heterocycles. The third kappa shape index (κ3) is 0.955. The van der Waals surface area contributed by atoms with E-state index in [4.69, 9.17) is 4.74 Å². The molecule has 3 aliphatic carbocycles. The Morgan fingerprint density at radius 3 is 2.22 bits per heavy atom. The van der Waals surface area contributed by atoms with E-state index in [-0.39, 0.29) is 29.1 Å². The average molecular weight is 258 g/mol. The lowest BCUT2D eigenvalue weighted by Gasteiger charge is -2.39. The van der Waals surface area contributed by atoms with E-state index in [9.17, 15) is 17.6 Å². The van der Waals surface area contributed by atoms with Crippen molar-refractivity contribution in [1.29, 1.82) is 0 Å². The zero-order valence-electron chi connectivity index (χ0n) is 9.57. The largest absolute Gasteiger partial charge is 0.365 e. The van der Waals surface area contributed by atoms with E-state index in [1.807, 2.05) is 6.92 Å². The van der Waals surface area contributed by atoms with Crippen molar-refractivity contribution in [2.24, 2.45) is 0 Å². The maximum atomic E-state index is 13.9. The lowest BCUT2D eigenvalue weighted by molar-refractivity contribution is 0.264. The highest BCUT2D eigenvalue weighted by molar-refractivity contribution is 5.48. The maximum absolute atomic E-state index is 13.9. The molecule has 1 aliphatic heterocycles. The second kappa shape index (κ2) is 2.90. The molecular weight excluding hydrogens is 248 g/mol. The summed E-state index contributed by atoms with van der Waals surface area (Å²) in [5.74, 6) is -6.61. The quantitative estimate of drug-likeness (QED) is 0.301. The van der Waals surface area contributed by atoms with Gasteiger partial charge in [-0.3, -0.25) is 0 Å². The highest BCUT2D eigenvalue weighted by Crippen LogP contribution is 2.66. The predicted octanol–water partition coefficient (Wildman–Crippen LogP) is 3.38. The summed E-state index contributed by atoms with van der Waals surface area (Å²) in [7, 11) is 0. The van der Waals surface area contributed by atoms with Gasteiger partial charge in [0.05, 0.1) is 11.7 Å². The Bertz CT molecular complexity index is 585. The molecule has 4 atom stereocenters. The van der Waals surface area contributed by atoms with E-state index >= 15 is 0 Å². The summed E-state index contributed by atoms with van der Waals surface area (Å²) in [6, 6.07) is 0. The average Bonchev–Trinajstić information content (AvgIpc) is 3.08. The highest BCUT2D eigenvalue weighted by atomic mass is 19.2. The van der Waals surface area contributed by atoms with E-state index in [1.165, 1.54) is 0 Å². The number of ether oxygens (including phenoxy) is 1. The SMILES string of the molecule is C[C@]12O[C@@H]1[C@H]1CC[C@H]2c2c(F)c(F)c(F)c(F)c21. The van der Waals surface area contributed by atoms with Gasteiger partial charge < -0.3 is 4.74 Å². The van der Waals surface area contributed by atoms with Crippen LogP contribution in [0, 0.1) is 23.3 Å². The van der Waals surface area contributed by atoms with Gasteiger partial charge in [-0.05, 0) is 19.8 Å². The van der Waals surface area contributed by atoms with Crippen molar-refractivity contribution in [1.82, 2.24) is 0 Å². The number of rotatable bonds is 0. The van der Waals surface area contributed by atoms with Gasteiger partial charge in [0.15, 0.2) is 23.3 Å². The van der Waals surface area contributed by atoms with E-state index < -0.39 is 28.9 Å². The van der Waals surface area contributed by atoms with E-state index in [0.29, 0.717) is 12.8 Å². The molecule has 1 saturated carbocycles. The molecule has 0 N–H and O–H groups in total. The Hall–Kier alpha value is -1.10. The van der Waals surface area contributed by atoms with Crippen molar-refractivity contribution >= 4 is 0 Å². The minimum atomic E-state index is -1.71. The molecule has 0 unspecified atom stereocenters. The van der Waals surface area contributed by atoms with Crippen LogP contribution >= 0.6 is 0 Å². The number of hydrogen-bond donors (Lipinski definition) is 0. The summed E-state index contributed by atoms with van der Waals surface area (Å²) in [4.78, 5) is 0. The molecule has 0 aromatic heterocycles. The van der Waals surface area contributed by atoms with E-state index in [0.717, 1.165) is 0 Å². The fourth-order valence-electron chi connectivity index (χ4n) is 3.88. The van der Waals surface area contributed by atoms with Gasteiger partial charge in [0.1, 0.15) is 0 Å². The van der Waals surface area contributed by atoms with Crippen LogP contribution in [0.15, 0.2) is 0 Å². The van der Waals surface area contributed by atoms with Gasteiger partial charge in [-0.2, -0.15) is 0 Å². The molecule has 2 bridgehead atoms. The smallest absolute Gasteiger partial charge is 0.197 e. The van der Waals surface area contributed by atoms with E-state index in [2.05, 4.69) is 0 Å². The van der Waals surface area contributed by atoms with Crippen molar-refractivity contribution < 1.29 is 22.3 Å². The zero-order valence-corrected chi connectivity index (χ0v) is 9.57. The number of epoxide rings is 1. The second-order valence-electron chi connectivity index (χ2n) is 5.54. The summed E-state index contributed by atoms with van der Waals surface area (Å²) in [5, 5.41) is 0. The summed E-state index contributed by atoms with van der Waals surface area (Å²) >= 11 is 0. The molecule has 4 aliphatic rings. The van der Waals surface area contributed by atoms with Crippen molar-refractivity contribution in [3.05, 3.63) is 34.4 Å². The molecule has 1 aromatic rings. The van der Waals surface area contributed by atoms with E-state index in [1.54, 1.807) is 0 Å². The van der Waals surface area contributed by atoms with Crippen LogP contribution in [0.5, 0.6) is 0 Å². The third-order valence-electron chi connectivity index (χ3n) is 4.77. The zero-order chi connectivity index (χ0) is 12.8. The van der Waals surface area contributed by atoms with Crippen LogP contribution in [-0.4, -0.2) is 11.7 Å². The first kappa shape index (κ1) is 10.8. The van der Waals surface area contributed by atoms with Gasteiger partial charge in [0.2, 0.25) is 0 Å². The molecule has 5 heteroatoms. The topological polar surface area (TPSA) is 12.5 Å². The summed E-state index contributed by atoms with van der Waals surface area (Å²) in [5.41, 5.74) is -0.519. The minimum absolute atomic E-state index is 0.00102. The summed E-state index contributed by atoms with van der Waals surface area (Å²) < 4.78 is 60.0. The number of halogens is 4. The molecule has 1 saturated heterocycles. The molecule has 1 aromatic carbocycles. The van der Waals surface area contributed by atoms with Crippen LogP contribution in [-0.2, 0) is 4.74 Å². The minimum Gasteiger partial charge on any atom is -0.365 e. The van der Waals surface area contributed by atoms with Crippen LogP contribution in [0.2, 0.25) is 0 Å². The molecule has 5 rings (SSSR count). The van der Waals surface area contributed by atoms with Crippen LogP contribution < -0.4 is 0 Å². The standard InChI is InChI=1S/C13H10F4O/c1-13-5-3-2-4(12(13)18-13)6-7(5)9(15)11(17)10(16)8(6)14/h4-5,12H,2-3H2,1H3/t4-,5-,12+,13+/m0/s1. The van der Waals surface area contributed by atoms with Crippen molar-refractivity contribution in [2.45, 2.75) is 43.3 Å². The fourth-order valence-corrected chi connectivity index (χ4v) is 3.88. The van der Waals surface area contributed by atoms with Crippen molar-refractivity contribution in [3.63, 3.8) is 0 Å². The van der Waals surface area contributed by atoms with Gasteiger partial charge in [-0.1, -0.05) is 0 Å². The van der Waals surface area contributed by atoms with Crippen molar-refractivity contribution in [3.8, 4) is 0 Å². The monoisotopic (exact) mass is 258 g/mol. The Morgan fingerprint density at radius 2 is 1.56 bits per heavy atom. The molecular formula is C13H10F4O. The van der Waals surface area contributed by atoms with Gasteiger partial charge in [-0.25, -0.2) is 17.6 Å². The molecule has 18 heavy (non-hydrogen) atoms. The molecule has 0 radical (unpaired) electrons. The normalized spacial score (nSPS) is 39.5. The van der Waals surface area contributed by atoms with Crippen LogP contribution in [0.4, 0.5) is 17.6 Å². The van der Waals surface area contributed by atoms with Crippen LogP contribution in [0.3, 0.4) is 0 Å². The lowest BCUT2D eigenvalue weighted by Crippen LogP contribution is -2.38. The number of fused-ring (bicyclic) bond motifs is 1. The molecule has 1 nitrogen and oxygen atoms in total. The number of hydrogen-bond acceptors (Lipinski definition) is 1. The third-order valence-corrected chi connectivity index (χ3v) is 4.77. The van der Waals surface area contributed by atoms with Gasteiger partial charge in [-0.15, -0.1) is 0 Å². The van der Waals surface area contributed by atoms with Crippen LogP contribution in [0.1, 0.15) is 42.7 Å². The van der Waals surface area contributed by atoms with Gasteiger partial charge >= 0.3 is 0 Å². The first-order chi connectivity index (χ1) is 8.47. The van der Waals surface area contributed by atoms with Crippen molar-refractivity contribution in [2.75, 3.05) is 0 Å². The second-order valence-corrected chi connectivity index (χ2v) is 5.54. The number of benzene rings is 1. The Kier molecular flexibility index (Phi) is 1.74. The van der Waals surface area contributed by atoms with Crippen LogP contribution in [0.25, 0.3) is 0 Å². The first-order valence-corrected chi connectivity index (χ1v) is 6.00. The predicted molar refractivity (Wildman–Crippen MR) is 54.3 cm³/mol. The first-order valence-electron chi connectivity index (χ1n) is 6.00. The summed E-state index contributed by atoms with van der Waals surface area (Å²) in [6.45, 7) is 1.83. The Morgan fingerprint density at radius 1 is 0.944 bits per heavy atom. The molecule has 96 valence electrons. The maximum Gasteiger partial charge on any atom is 0.197 e. The highest BCUT2D eigenvalue weighted by Gasteiger charge is 2.68. The molecule has 0 spiro atoms. The lowest BCUT2D eigenvalue weighted by atomic mass is 9.62. The molecule has 2 fully saturated rings.